The van der Waals surface area contributed by atoms with E-state index >= 15 is 0 Å². The van der Waals surface area contributed by atoms with Gasteiger partial charge in [-0.25, -0.2) is 0 Å². The molecule has 2 aliphatic heterocycles. The molecule has 0 aliphatic carbocycles. The van der Waals surface area contributed by atoms with Gasteiger partial charge in [0.1, 0.15) is 0 Å². The molecule has 2 aliphatic rings. The maximum Gasteiger partial charge on any atom is 0.223 e. The molecule has 2 saturated heterocycles. The van der Waals surface area contributed by atoms with Crippen LogP contribution in [0, 0.1) is 5.92 Å². The van der Waals surface area contributed by atoms with Crippen LogP contribution in [0.1, 0.15) is 39.5 Å². The maximum atomic E-state index is 12.2. The fourth-order valence-electron chi connectivity index (χ4n) is 2.89. The summed E-state index contributed by atoms with van der Waals surface area (Å²) >= 11 is 0. The van der Waals surface area contributed by atoms with Gasteiger partial charge in [-0.05, 0) is 32.6 Å². The Bertz CT molecular complexity index is 332. The highest BCUT2D eigenvalue weighted by atomic mass is 16.5. The summed E-state index contributed by atoms with van der Waals surface area (Å²) in [6.45, 7) is 5.80. The van der Waals surface area contributed by atoms with Crippen molar-refractivity contribution in [3.05, 3.63) is 0 Å². The molecule has 0 spiro atoms. The van der Waals surface area contributed by atoms with Gasteiger partial charge in [-0.3, -0.25) is 9.59 Å². The fraction of sp³-hybridized carbons (Fsp3) is 0.857. The van der Waals surface area contributed by atoms with E-state index in [2.05, 4.69) is 5.32 Å². The first-order chi connectivity index (χ1) is 9.08. The summed E-state index contributed by atoms with van der Waals surface area (Å²) in [6.07, 6.45) is 3.82. The average molecular weight is 268 g/mol. The van der Waals surface area contributed by atoms with Crippen molar-refractivity contribution in [2.75, 3.05) is 19.7 Å². The van der Waals surface area contributed by atoms with Crippen LogP contribution in [0.25, 0.3) is 0 Å². The Labute approximate surface area is 114 Å². The van der Waals surface area contributed by atoms with Crippen LogP contribution in [0.5, 0.6) is 0 Å². The molecule has 0 unspecified atom stereocenters. The van der Waals surface area contributed by atoms with E-state index in [1.807, 2.05) is 11.8 Å². The number of hydrogen-bond donors (Lipinski definition) is 1. The first-order valence-electron chi connectivity index (χ1n) is 7.25. The van der Waals surface area contributed by atoms with Crippen molar-refractivity contribution >= 4 is 11.8 Å². The zero-order valence-electron chi connectivity index (χ0n) is 11.9. The van der Waals surface area contributed by atoms with E-state index in [1.54, 1.807) is 6.92 Å². The predicted octanol–water partition coefficient (Wildman–Crippen LogP) is 0.929. The van der Waals surface area contributed by atoms with Crippen LogP contribution < -0.4 is 5.32 Å². The molecular weight excluding hydrogens is 244 g/mol. The van der Waals surface area contributed by atoms with Crippen molar-refractivity contribution < 1.29 is 14.3 Å². The SMILES string of the molecule is CC(=O)N1CCC(C(=O)N[C@@H](C)[C@@H]2CCCO2)CC1. The van der Waals surface area contributed by atoms with Crippen LogP contribution in [0.3, 0.4) is 0 Å². The van der Waals surface area contributed by atoms with E-state index in [4.69, 9.17) is 4.74 Å². The van der Waals surface area contributed by atoms with Gasteiger partial charge in [-0.15, -0.1) is 0 Å². The third-order valence-corrected chi connectivity index (χ3v) is 4.20. The van der Waals surface area contributed by atoms with E-state index in [9.17, 15) is 9.59 Å². The molecule has 5 heteroatoms. The molecule has 2 fully saturated rings. The van der Waals surface area contributed by atoms with Gasteiger partial charge in [0.15, 0.2) is 0 Å². The second-order valence-electron chi connectivity index (χ2n) is 5.63. The number of nitrogens with zero attached hydrogens (tertiary/aromatic N) is 1. The zero-order chi connectivity index (χ0) is 13.8. The Hall–Kier alpha value is -1.10. The minimum absolute atomic E-state index is 0.0412. The summed E-state index contributed by atoms with van der Waals surface area (Å²) in [5, 5.41) is 3.07. The number of ether oxygens (including phenoxy) is 1. The van der Waals surface area contributed by atoms with Crippen molar-refractivity contribution in [3.63, 3.8) is 0 Å². The van der Waals surface area contributed by atoms with Crippen molar-refractivity contribution in [1.29, 1.82) is 0 Å². The zero-order valence-corrected chi connectivity index (χ0v) is 11.9. The second-order valence-corrected chi connectivity index (χ2v) is 5.63. The quantitative estimate of drug-likeness (QED) is 0.828. The highest BCUT2D eigenvalue weighted by molar-refractivity contribution is 5.79. The molecule has 2 heterocycles. The molecule has 1 N–H and O–H groups in total. The van der Waals surface area contributed by atoms with E-state index in [-0.39, 0.29) is 29.9 Å². The minimum atomic E-state index is 0.0412. The molecule has 0 aromatic rings. The van der Waals surface area contributed by atoms with Crippen molar-refractivity contribution in [2.45, 2.75) is 51.7 Å². The Morgan fingerprint density at radius 3 is 2.47 bits per heavy atom. The van der Waals surface area contributed by atoms with Gasteiger partial charge in [0.25, 0.3) is 0 Å². The highest BCUT2D eigenvalue weighted by Crippen LogP contribution is 2.19. The molecule has 19 heavy (non-hydrogen) atoms. The standard InChI is InChI=1S/C14H24N2O3/c1-10(13-4-3-9-19-13)15-14(18)12-5-7-16(8-6-12)11(2)17/h10,12-13H,3-9H2,1-2H3,(H,15,18)/t10-,13-/m0/s1. The molecule has 108 valence electrons. The second kappa shape index (κ2) is 6.37. The lowest BCUT2D eigenvalue weighted by atomic mass is 9.95. The molecule has 2 atom stereocenters. The van der Waals surface area contributed by atoms with Crippen LogP contribution in [0.2, 0.25) is 0 Å². The van der Waals surface area contributed by atoms with E-state index in [0.717, 1.165) is 32.3 Å². The Morgan fingerprint density at radius 1 is 1.26 bits per heavy atom. The lowest BCUT2D eigenvalue weighted by Crippen LogP contribution is -2.47. The molecule has 5 nitrogen and oxygen atoms in total. The van der Waals surface area contributed by atoms with Crippen LogP contribution in [-0.4, -0.2) is 48.6 Å². The van der Waals surface area contributed by atoms with Crippen LogP contribution in [0.15, 0.2) is 0 Å². The lowest BCUT2D eigenvalue weighted by molar-refractivity contribution is -0.134. The Balaban J connectivity index is 1.76. The third-order valence-electron chi connectivity index (χ3n) is 4.20. The normalized spacial score (nSPS) is 26.2. The number of amides is 2. The van der Waals surface area contributed by atoms with Crippen molar-refractivity contribution in [3.8, 4) is 0 Å². The van der Waals surface area contributed by atoms with E-state index < -0.39 is 0 Å². The smallest absolute Gasteiger partial charge is 0.223 e. The summed E-state index contributed by atoms with van der Waals surface area (Å²) in [7, 11) is 0. The molecule has 0 aromatic carbocycles. The molecule has 0 saturated carbocycles. The van der Waals surface area contributed by atoms with Gasteiger partial charge >= 0.3 is 0 Å². The first-order valence-corrected chi connectivity index (χ1v) is 7.25. The summed E-state index contributed by atoms with van der Waals surface area (Å²) in [6, 6.07) is 0.0841. The lowest BCUT2D eigenvalue weighted by Gasteiger charge is -2.31. The number of likely N-dealkylation sites (tertiary alicyclic amines) is 1. The van der Waals surface area contributed by atoms with E-state index in [1.165, 1.54) is 0 Å². The number of nitrogens with one attached hydrogen (secondary N) is 1. The molecule has 2 amide bonds. The van der Waals surface area contributed by atoms with Gasteiger partial charge in [0, 0.05) is 32.5 Å². The summed E-state index contributed by atoms with van der Waals surface area (Å²) < 4.78 is 5.58. The average Bonchev–Trinajstić information content (AvgIpc) is 2.92. The Morgan fingerprint density at radius 2 is 1.95 bits per heavy atom. The van der Waals surface area contributed by atoms with Crippen LogP contribution in [-0.2, 0) is 14.3 Å². The van der Waals surface area contributed by atoms with Gasteiger partial charge in [-0.1, -0.05) is 0 Å². The van der Waals surface area contributed by atoms with Gasteiger partial charge < -0.3 is 15.0 Å². The summed E-state index contributed by atoms with van der Waals surface area (Å²) in [5.41, 5.74) is 0. The van der Waals surface area contributed by atoms with Gasteiger partial charge in [0.05, 0.1) is 12.1 Å². The largest absolute Gasteiger partial charge is 0.376 e. The predicted molar refractivity (Wildman–Crippen MR) is 71.6 cm³/mol. The molecule has 0 bridgehead atoms. The fourth-order valence-corrected chi connectivity index (χ4v) is 2.89. The van der Waals surface area contributed by atoms with Crippen LogP contribution in [0.4, 0.5) is 0 Å². The molecule has 0 aromatic heterocycles. The van der Waals surface area contributed by atoms with E-state index in [0.29, 0.717) is 13.1 Å². The summed E-state index contributed by atoms with van der Waals surface area (Å²) in [4.78, 5) is 25.2. The van der Waals surface area contributed by atoms with Gasteiger partial charge in [-0.2, -0.15) is 0 Å². The minimum Gasteiger partial charge on any atom is -0.376 e. The first kappa shape index (κ1) is 14.3. The van der Waals surface area contributed by atoms with Crippen molar-refractivity contribution in [1.82, 2.24) is 10.2 Å². The van der Waals surface area contributed by atoms with Gasteiger partial charge in [0.2, 0.25) is 11.8 Å². The summed E-state index contributed by atoms with van der Waals surface area (Å²) in [5.74, 6) is 0.261. The number of hydrogen-bond acceptors (Lipinski definition) is 3. The number of rotatable bonds is 3. The number of carbonyl (C=O) groups is 2. The van der Waals surface area contributed by atoms with Crippen LogP contribution >= 0.6 is 0 Å². The Kier molecular flexibility index (Phi) is 4.80. The third kappa shape index (κ3) is 3.69. The maximum absolute atomic E-state index is 12.2. The highest BCUT2D eigenvalue weighted by Gasteiger charge is 2.29. The number of carbonyl (C=O) groups excluding carboxylic acids is 2. The molecule has 0 radical (unpaired) electrons. The monoisotopic (exact) mass is 268 g/mol. The molecule has 2 rings (SSSR count). The molecular formula is C14H24N2O3. The topological polar surface area (TPSA) is 58.6 Å². The number of piperidine rings is 1. The van der Waals surface area contributed by atoms with Crippen molar-refractivity contribution in [2.24, 2.45) is 5.92 Å².